The van der Waals surface area contributed by atoms with Crippen LogP contribution in [0.25, 0.3) is 0 Å². The van der Waals surface area contributed by atoms with Crippen LogP contribution in [-0.2, 0) is 23.0 Å². The number of nitrogens with zero attached hydrogens (tertiary/aromatic N) is 2. The number of nitrogens with one attached hydrogen (secondary N) is 1. The van der Waals surface area contributed by atoms with Gasteiger partial charge >= 0.3 is 0 Å². The molecule has 0 saturated carbocycles. The highest BCUT2D eigenvalue weighted by molar-refractivity contribution is 7.89. The van der Waals surface area contributed by atoms with E-state index < -0.39 is 10.0 Å². The first-order valence-electron chi connectivity index (χ1n) is 9.43. The number of rotatable bonds is 8. The smallest absolute Gasteiger partial charge is 0.241 e. The largest absolute Gasteiger partial charge is 0.493 e. The van der Waals surface area contributed by atoms with E-state index in [0.717, 1.165) is 37.6 Å². The average molecular weight is 452 g/mol. The van der Waals surface area contributed by atoms with Crippen molar-refractivity contribution < 1.29 is 17.9 Å². The molecule has 0 aromatic heterocycles. The van der Waals surface area contributed by atoms with Crippen LogP contribution in [-0.4, -0.2) is 47.2 Å². The second-order valence-electron chi connectivity index (χ2n) is 6.86. The van der Waals surface area contributed by atoms with Crippen molar-refractivity contribution in [2.45, 2.75) is 24.3 Å². The summed E-state index contributed by atoms with van der Waals surface area (Å²) in [4.78, 5) is 2.32. The fraction of sp³-hybridized carbons (Fsp3) is 0.381. The molecule has 1 heterocycles. The molecule has 0 atom stereocenters. The second-order valence-corrected chi connectivity index (χ2v) is 8.60. The van der Waals surface area contributed by atoms with E-state index in [0.29, 0.717) is 13.0 Å². The Morgan fingerprint density at radius 3 is 2.47 bits per heavy atom. The lowest BCUT2D eigenvalue weighted by Crippen LogP contribution is -2.34. The van der Waals surface area contributed by atoms with Gasteiger partial charge in [-0.3, -0.25) is 4.90 Å². The van der Waals surface area contributed by atoms with Crippen molar-refractivity contribution in [2.24, 2.45) is 0 Å². The van der Waals surface area contributed by atoms with Crippen LogP contribution in [0.1, 0.15) is 23.1 Å². The Labute approximate surface area is 184 Å². The molecule has 0 spiro atoms. The van der Waals surface area contributed by atoms with Gasteiger partial charge in [0.25, 0.3) is 0 Å². The zero-order valence-electron chi connectivity index (χ0n) is 17.1. The monoisotopic (exact) mass is 451 g/mol. The van der Waals surface area contributed by atoms with Crippen LogP contribution in [0.3, 0.4) is 0 Å². The molecule has 1 N–H and O–H groups in total. The van der Waals surface area contributed by atoms with E-state index in [4.69, 9.17) is 14.7 Å². The van der Waals surface area contributed by atoms with Gasteiger partial charge in [-0.05, 0) is 54.8 Å². The third kappa shape index (κ3) is 5.43. The van der Waals surface area contributed by atoms with Gasteiger partial charge in [-0.2, -0.15) is 5.26 Å². The van der Waals surface area contributed by atoms with Gasteiger partial charge in [-0.15, -0.1) is 12.4 Å². The first-order valence-corrected chi connectivity index (χ1v) is 10.9. The molecule has 0 aliphatic carbocycles. The van der Waals surface area contributed by atoms with Crippen molar-refractivity contribution in [2.75, 3.05) is 33.9 Å². The normalized spacial score (nSPS) is 13.6. The number of hydrogen-bond donors (Lipinski definition) is 1. The summed E-state index contributed by atoms with van der Waals surface area (Å²) in [7, 11) is -0.432. The highest BCUT2D eigenvalue weighted by Gasteiger charge is 2.20. The minimum atomic E-state index is -3.69. The van der Waals surface area contributed by atoms with Crippen LogP contribution in [0.15, 0.2) is 41.3 Å². The molecule has 0 saturated heterocycles. The van der Waals surface area contributed by atoms with Crippen molar-refractivity contribution in [3.8, 4) is 17.6 Å². The zero-order chi connectivity index (χ0) is 20.9. The fourth-order valence-corrected chi connectivity index (χ4v) is 4.74. The maximum absolute atomic E-state index is 12.5. The van der Waals surface area contributed by atoms with E-state index in [9.17, 15) is 8.42 Å². The maximum Gasteiger partial charge on any atom is 0.241 e. The predicted octanol–water partition coefficient (Wildman–Crippen LogP) is 2.72. The molecule has 0 amide bonds. The number of ether oxygens (including phenoxy) is 2. The average Bonchev–Trinajstić information content (AvgIpc) is 2.75. The van der Waals surface area contributed by atoms with E-state index in [1.165, 1.54) is 23.3 Å². The SMILES string of the molecule is COc1cc2c(cc1OC)CN(CCCNS(=O)(=O)c1ccccc1C#N)CC2.Cl. The summed E-state index contributed by atoms with van der Waals surface area (Å²) in [6.45, 7) is 2.79. The molecule has 3 rings (SSSR count). The summed E-state index contributed by atoms with van der Waals surface area (Å²) in [5.74, 6) is 1.46. The lowest BCUT2D eigenvalue weighted by Gasteiger charge is -2.29. The Kier molecular flexibility index (Phi) is 8.50. The quantitative estimate of drug-likeness (QED) is 0.620. The summed E-state index contributed by atoms with van der Waals surface area (Å²) in [5.41, 5.74) is 2.61. The Bertz CT molecular complexity index is 1020. The van der Waals surface area contributed by atoms with Gasteiger partial charge in [-0.1, -0.05) is 12.1 Å². The maximum atomic E-state index is 12.5. The van der Waals surface area contributed by atoms with E-state index in [2.05, 4.69) is 9.62 Å². The molecule has 7 nitrogen and oxygen atoms in total. The second kappa shape index (κ2) is 10.6. The Hall–Kier alpha value is -2.31. The molecule has 162 valence electrons. The number of methoxy groups -OCH3 is 2. The van der Waals surface area contributed by atoms with Crippen molar-refractivity contribution >= 4 is 22.4 Å². The summed E-state index contributed by atoms with van der Waals surface area (Å²) < 4.78 is 38.3. The van der Waals surface area contributed by atoms with Gasteiger partial charge in [0.1, 0.15) is 6.07 Å². The molecule has 2 aromatic rings. The van der Waals surface area contributed by atoms with Crippen molar-refractivity contribution in [3.63, 3.8) is 0 Å². The Morgan fingerprint density at radius 2 is 1.80 bits per heavy atom. The van der Waals surface area contributed by atoms with Gasteiger partial charge < -0.3 is 9.47 Å². The van der Waals surface area contributed by atoms with E-state index >= 15 is 0 Å². The first-order chi connectivity index (χ1) is 14.0. The van der Waals surface area contributed by atoms with Gasteiger partial charge in [-0.25, -0.2) is 13.1 Å². The van der Waals surface area contributed by atoms with Crippen molar-refractivity contribution in [1.29, 1.82) is 5.26 Å². The molecule has 0 fully saturated rings. The number of halogens is 1. The van der Waals surface area contributed by atoms with Crippen molar-refractivity contribution in [1.82, 2.24) is 9.62 Å². The molecule has 1 aliphatic heterocycles. The standard InChI is InChI=1S/C21H25N3O4S.ClH/c1-27-19-12-16-8-11-24(15-18(16)13-20(19)28-2)10-5-9-23-29(25,26)21-7-4-3-6-17(21)14-22;/h3-4,6-7,12-13,23H,5,8-11,15H2,1-2H3;1H. The molecule has 0 radical (unpaired) electrons. The zero-order valence-corrected chi connectivity index (χ0v) is 18.7. The molecule has 0 bridgehead atoms. The molecular formula is C21H26ClN3O4S. The third-order valence-electron chi connectivity index (χ3n) is 5.04. The van der Waals surface area contributed by atoms with Gasteiger partial charge in [0.2, 0.25) is 10.0 Å². The van der Waals surface area contributed by atoms with E-state index in [-0.39, 0.29) is 22.9 Å². The fourth-order valence-electron chi connectivity index (χ4n) is 3.51. The minimum Gasteiger partial charge on any atom is -0.493 e. The first kappa shape index (κ1) is 24.0. The summed E-state index contributed by atoms with van der Waals surface area (Å²) in [6.07, 6.45) is 1.59. The summed E-state index contributed by atoms with van der Waals surface area (Å²) in [5, 5.41) is 9.11. The molecule has 30 heavy (non-hydrogen) atoms. The Balaban J connectivity index is 0.00000320. The molecular weight excluding hydrogens is 426 g/mol. The highest BCUT2D eigenvalue weighted by Crippen LogP contribution is 2.33. The molecule has 9 heteroatoms. The van der Waals surface area contributed by atoms with Crippen LogP contribution >= 0.6 is 12.4 Å². The van der Waals surface area contributed by atoms with Gasteiger partial charge in [0.15, 0.2) is 11.5 Å². The van der Waals surface area contributed by atoms with Crippen LogP contribution in [0, 0.1) is 11.3 Å². The minimum absolute atomic E-state index is 0. The number of sulfonamides is 1. The van der Waals surface area contributed by atoms with Gasteiger partial charge in [0, 0.05) is 19.6 Å². The molecule has 1 aliphatic rings. The lowest BCUT2D eigenvalue weighted by molar-refractivity contribution is 0.250. The van der Waals surface area contributed by atoms with Crippen LogP contribution < -0.4 is 14.2 Å². The number of hydrogen-bond acceptors (Lipinski definition) is 6. The number of nitriles is 1. The number of benzene rings is 2. The van der Waals surface area contributed by atoms with Gasteiger partial charge in [0.05, 0.1) is 24.7 Å². The third-order valence-corrected chi connectivity index (χ3v) is 6.56. The van der Waals surface area contributed by atoms with Crippen molar-refractivity contribution in [3.05, 3.63) is 53.1 Å². The summed E-state index contributed by atoms with van der Waals surface area (Å²) >= 11 is 0. The topological polar surface area (TPSA) is 91.7 Å². The van der Waals surface area contributed by atoms with Crippen LogP contribution in [0.4, 0.5) is 0 Å². The highest BCUT2D eigenvalue weighted by atomic mass is 35.5. The number of fused-ring (bicyclic) bond motifs is 1. The molecule has 0 unspecified atom stereocenters. The van der Waals surface area contributed by atoms with Crippen LogP contribution in [0.5, 0.6) is 11.5 Å². The summed E-state index contributed by atoms with van der Waals surface area (Å²) in [6, 6.07) is 12.2. The van der Waals surface area contributed by atoms with E-state index in [1.807, 2.05) is 18.2 Å². The molecule has 2 aromatic carbocycles. The lowest BCUT2D eigenvalue weighted by atomic mass is 9.98. The Morgan fingerprint density at radius 1 is 1.13 bits per heavy atom. The van der Waals surface area contributed by atoms with Crippen LogP contribution in [0.2, 0.25) is 0 Å². The van der Waals surface area contributed by atoms with E-state index in [1.54, 1.807) is 26.4 Å². The predicted molar refractivity (Wildman–Crippen MR) is 117 cm³/mol.